The highest BCUT2D eigenvalue weighted by molar-refractivity contribution is 5.98. The molecule has 1 fully saturated rings. The molecule has 9 nitrogen and oxygen atoms in total. The van der Waals surface area contributed by atoms with Crippen molar-refractivity contribution in [2.45, 2.75) is 63.8 Å². The highest BCUT2D eigenvalue weighted by Gasteiger charge is 2.54. The number of aliphatic hydroxyl groups excluding tert-OH is 2. The van der Waals surface area contributed by atoms with Crippen LogP contribution in [0.2, 0.25) is 0 Å². The van der Waals surface area contributed by atoms with Gasteiger partial charge in [0.1, 0.15) is 18.4 Å². The molecule has 1 aliphatic carbocycles. The summed E-state index contributed by atoms with van der Waals surface area (Å²) < 4.78 is 11.3. The molecule has 1 heterocycles. The standard InChI is InChI=1S/C30H38N2O7/c1-19(2)13-24(27(35)30(17-34)18-39-30)31-29(37)25(15-33)32-28(36)22-11-12-23-21(14-22)9-6-10-26(23)38-16-20-7-4-3-5-8-20/h3-10,19,22,24-25,33-34H,11-18H2,1-2H3,(H,31,37)(H,32,36)/t22?,24?,25-,30?/m0/s1. The number of carbonyl (C=O) groups excluding carboxylic acids is 3. The SMILES string of the molecule is CC(C)CC(NC(=O)[C@H](CO)NC(=O)C1CCc2c(cccc2OCc2ccccc2)C1)C(=O)C1(CO)CO1. The highest BCUT2D eigenvalue weighted by Crippen LogP contribution is 2.33. The largest absolute Gasteiger partial charge is 0.489 e. The van der Waals surface area contributed by atoms with Gasteiger partial charge >= 0.3 is 0 Å². The maximum absolute atomic E-state index is 13.1. The van der Waals surface area contributed by atoms with Crippen molar-refractivity contribution in [2.75, 3.05) is 19.8 Å². The van der Waals surface area contributed by atoms with E-state index < -0.39 is 42.6 Å². The second-order valence-corrected chi connectivity index (χ2v) is 10.8. The third-order valence-electron chi connectivity index (χ3n) is 7.40. The van der Waals surface area contributed by atoms with E-state index in [2.05, 4.69) is 10.6 Å². The van der Waals surface area contributed by atoms with E-state index in [1.807, 2.05) is 62.4 Å². The van der Waals surface area contributed by atoms with Gasteiger partial charge in [-0.15, -0.1) is 0 Å². The molecule has 210 valence electrons. The predicted molar refractivity (Wildman–Crippen MR) is 144 cm³/mol. The van der Waals surface area contributed by atoms with Crippen LogP contribution in [0.15, 0.2) is 48.5 Å². The average molecular weight is 539 g/mol. The number of aliphatic hydroxyl groups is 2. The number of nitrogens with one attached hydrogen (secondary N) is 2. The summed E-state index contributed by atoms with van der Waals surface area (Å²) >= 11 is 0. The molecule has 0 bridgehead atoms. The Kier molecular flexibility index (Phi) is 9.37. The van der Waals surface area contributed by atoms with Gasteiger partial charge < -0.3 is 30.3 Å². The molecule has 9 heteroatoms. The molecule has 1 aliphatic heterocycles. The molecule has 0 aromatic heterocycles. The molecule has 2 amide bonds. The van der Waals surface area contributed by atoms with E-state index in [0.29, 0.717) is 32.3 Å². The van der Waals surface area contributed by atoms with Crippen molar-refractivity contribution in [2.24, 2.45) is 11.8 Å². The number of hydrogen-bond acceptors (Lipinski definition) is 7. The van der Waals surface area contributed by atoms with Gasteiger partial charge in [0.05, 0.1) is 25.9 Å². The molecule has 2 aromatic rings. The molecule has 4 atom stereocenters. The zero-order valence-corrected chi connectivity index (χ0v) is 22.5. The van der Waals surface area contributed by atoms with Gasteiger partial charge in [0.15, 0.2) is 11.4 Å². The molecule has 2 aromatic carbocycles. The minimum Gasteiger partial charge on any atom is -0.489 e. The number of ketones is 1. The first-order valence-electron chi connectivity index (χ1n) is 13.5. The zero-order chi connectivity index (χ0) is 28.0. The molecule has 4 N–H and O–H groups in total. The Hall–Kier alpha value is -3.27. The number of carbonyl (C=O) groups is 3. The molecular formula is C30H38N2O7. The maximum atomic E-state index is 13.1. The summed E-state index contributed by atoms with van der Waals surface area (Å²) in [6, 6.07) is 13.7. The van der Waals surface area contributed by atoms with Gasteiger partial charge in [-0.05, 0) is 54.4 Å². The van der Waals surface area contributed by atoms with Crippen molar-refractivity contribution in [3.8, 4) is 5.75 Å². The van der Waals surface area contributed by atoms with Crippen molar-refractivity contribution in [3.05, 3.63) is 65.2 Å². The first-order chi connectivity index (χ1) is 18.8. The summed E-state index contributed by atoms with van der Waals surface area (Å²) in [6.45, 7) is 3.32. The van der Waals surface area contributed by atoms with E-state index >= 15 is 0 Å². The Bertz CT molecular complexity index is 1160. The summed E-state index contributed by atoms with van der Waals surface area (Å²) in [5.74, 6) is -0.844. The lowest BCUT2D eigenvalue weighted by Gasteiger charge is -2.28. The summed E-state index contributed by atoms with van der Waals surface area (Å²) in [7, 11) is 0. The fraction of sp³-hybridized carbons (Fsp3) is 0.500. The number of fused-ring (bicyclic) bond motifs is 1. The summed E-state index contributed by atoms with van der Waals surface area (Å²) in [4.78, 5) is 39.1. The van der Waals surface area contributed by atoms with Crippen LogP contribution in [0, 0.1) is 11.8 Å². The Labute approximate surface area is 228 Å². The number of Topliss-reactive ketones (excluding diaryl/α,β-unsaturated/α-hetero) is 1. The Morgan fingerprint density at radius 3 is 2.44 bits per heavy atom. The lowest BCUT2D eigenvalue weighted by molar-refractivity contribution is -0.135. The van der Waals surface area contributed by atoms with Gasteiger partial charge in [0.25, 0.3) is 0 Å². The van der Waals surface area contributed by atoms with Gasteiger partial charge in [0.2, 0.25) is 11.8 Å². The lowest BCUT2D eigenvalue weighted by Crippen LogP contribution is -2.56. The first-order valence-corrected chi connectivity index (χ1v) is 13.5. The van der Waals surface area contributed by atoms with Crippen molar-refractivity contribution < 1.29 is 34.1 Å². The molecule has 0 radical (unpaired) electrons. The highest BCUT2D eigenvalue weighted by atomic mass is 16.6. The van der Waals surface area contributed by atoms with Crippen LogP contribution < -0.4 is 15.4 Å². The average Bonchev–Trinajstić information content (AvgIpc) is 3.75. The summed E-state index contributed by atoms with van der Waals surface area (Å²) in [6.07, 6.45) is 2.07. The molecular weight excluding hydrogens is 500 g/mol. The van der Waals surface area contributed by atoms with E-state index in [0.717, 1.165) is 22.4 Å². The monoisotopic (exact) mass is 538 g/mol. The smallest absolute Gasteiger partial charge is 0.245 e. The third-order valence-corrected chi connectivity index (χ3v) is 7.40. The van der Waals surface area contributed by atoms with Crippen molar-refractivity contribution >= 4 is 17.6 Å². The van der Waals surface area contributed by atoms with Crippen LogP contribution in [-0.4, -0.2) is 65.3 Å². The second kappa shape index (κ2) is 12.7. The number of ether oxygens (including phenoxy) is 2. The van der Waals surface area contributed by atoms with Crippen LogP contribution in [0.25, 0.3) is 0 Å². The maximum Gasteiger partial charge on any atom is 0.245 e. The van der Waals surface area contributed by atoms with Gasteiger partial charge in [-0.25, -0.2) is 0 Å². The van der Waals surface area contributed by atoms with E-state index in [1.54, 1.807) is 0 Å². The predicted octanol–water partition coefficient (Wildman–Crippen LogP) is 1.71. The molecule has 4 rings (SSSR count). The number of hydrogen-bond donors (Lipinski definition) is 4. The molecule has 1 saturated heterocycles. The fourth-order valence-corrected chi connectivity index (χ4v) is 5.04. The van der Waals surface area contributed by atoms with Crippen molar-refractivity contribution in [1.29, 1.82) is 0 Å². The van der Waals surface area contributed by atoms with Crippen LogP contribution in [0.5, 0.6) is 5.75 Å². The Morgan fingerprint density at radius 2 is 1.79 bits per heavy atom. The summed E-state index contributed by atoms with van der Waals surface area (Å²) in [5.41, 5.74) is 1.91. The van der Waals surface area contributed by atoms with Crippen LogP contribution >= 0.6 is 0 Å². The topological polar surface area (TPSA) is 137 Å². The number of rotatable bonds is 13. The normalized spacial score (nSPS) is 21.4. The molecule has 0 spiro atoms. The van der Waals surface area contributed by atoms with Crippen LogP contribution in [-0.2, 0) is 38.6 Å². The number of epoxide rings is 1. The number of benzene rings is 2. The Balaban J connectivity index is 1.36. The quantitative estimate of drug-likeness (QED) is 0.285. The van der Waals surface area contributed by atoms with Crippen LogP contribution in [0.3, 0.4) is 0 Å². The lowest BCUT2D eigenvalue weighted by atomic mass is 9.83. The summed E-state index contributed by atoms with van der Waals surface area (Å²) in [5, 5.41) is 24.8. The fourth-order valence-electron chi connectivity index (χ4n) is 5.04. The molecule has 39 heavy (non-hydrogen) atoms. The zero-order valence-electron chi connectivity index (χ0n) is 22.5. The van der Waals surface area contributed by atoms with Gasteiger partial charge in [-0.1, -0.05) is 56.3 Å². The minimum absolute atomic E-state index is 0.0831. The van der Waals surface area contributed by atoms with E-state index in [9.17, 15) is 24.6 Å². The van der Waals surface area contributed by atoms with Crippen molar-refractivity contribution in [3.63, 3.8) is 0 Å². The van der Waals surface area contributed by atoms with Crippen molar-refractivity contribution in [1.82, 2.24) is 10.6 Å². The van der Waals surface area contributed by atoms with Crippen LogP contribution in [0.4, 0.5) is 0 Å². The first kappa shape index (κ1) is 28.7. The van der Waals surface area contributed by atoms with Gasteiger partial charge in [-0.2, -0.15) is 0 Å². The van der Waals surface area contributed by atoms with E-state index in [4.69, 9.17) is 9.47 Å². The minimum atomic E-state index is -1.27. The molecule has 2 aliphatic rings. The Morgan fingerprint density at radius 1 is 1.05 bits per heavy atom. The second-order valence-electron chi connectivity index (χ2n) is 10.8. The third kappa shape index (κ3) is 7.03. The molecule has 0 saturated carbocycles. The van der Waals surface area contributed by atoms with Gasteiger partial charge in [-0.3, -0.25) is 14.4 Å². The molecule has 3 unspecified atom stereocenters. The van der Waals surface area contributed by atoms with E-state index in [-0.39, 0.29) is 24.3 Å². The van der Waals surface area contributed by atoms with E-state index in [1.165, 1.54) is 0 Å². The van der Waals surface area contributed by atoms with Gasteiger partial charge in [0, 0.05) is 5.92 Å². The number of amides is 2. The van der Waals surface area contributed by atoms with Crippen LogP contribution in [0.1, 0.15) is 43.4 Å².